The first kappa shape index (κ1) is 11.2. The van der Waals surface area contributed by atoms with E-state index in [0.717, 1.165) is 26.8 Å². The van der Waals surface area contributed by atoms with Gasteiger partial charge in [-0.05, 0) is 28.1 Å². The molecule has 90 valence electrons. The van der Waals surface area contributed by atoms with Crippen molar-refractivity contribution in [3.63, 3.8) is 0 Å². The van der Waals surface area contributed by atoms with Crippen LogP contribution in [0.2, 0.25) is 0 Å². The van der Waals surface area contributed by atoms with Gasteiger partial charge in [-0.25, -0.2) is 15.0 Å². The Morgan fingerprint density at radius 1 is 1.33 bits per heavy atom. The maximum Gasteiger partial charge on any atom is 0.220 e. The van der Waals surface area contributed by atoms with Crippen LogP contribution in [-0.4, -0.2) is 19.5 Å². The highest BCUT2D eigenvalue weighted by atomic mass is 79.9. The summed E-state index contributed by atoms with van der Waals surface area (Å²) in [6, 6.07) is 3.82. The summed E-state index contributed by atoms with van der Waals surface area (Å²) in [4.78, 5) is 12.4. The summed E-state index contributed by atoms with van der Waals surface area (Å²) in [6.07, 6.45) is 5.50. The Morgan fingerprint density at radius 2 is 2.17 bits per heavy atom. The lowest BCUT2D eigenvalue weighted by molar-refractivity contribution is 0.964. The molecule has 0 aromatic carbocycles. The van der Waals surface area contributed by atoms with E-state index in [1.54, 1.807) is 6.20 Å². The molecule has 0 fully saturated rings. The van der Waals surface area contributed by atoms with E-state index in [4.69, 9.17) is 5.73 Å². The Hall–Kier alpha value is -1.95. The van der Waals surface area contributed by atoms with E-state index in [1.165, 1.54) is 0 Å². The summed E-state index contributed by atoms with van der Waals surface area (Å²) < 4.78 is 2.81. The smallest absolute Gasteiger partial charge is 0.220 e. The number of nitrogens with zero attached hydrogens (tertiary/aromatic N) is 4. The molecule has 3 aromatic rings. The first-order valence-corrected chi connectivity index (χ1v) is 6.14. The van der Waals surface area contributed by atoms with E-state index in [-0.39, 0.29) is 5.95 Å². The van der Waals surface area contributed by atoms with Crippen molar-refractivity contribution in [1.29, 1.82) is 0 Å². The maximum absolute atomic E-state index is 5.63. The van der Waals surface area contributed by atoms with Gasteiger partial charge in [0, 0.05) is 30.4 Å². The molecule has 0 aliphatic heterocycles. The highest BCUT2D eigenvalue weighted by Gasteiger charge is 2.11. The highest BCUT2D eigenvalue weighted by molar-refractivity contribution is 9.10. The van der Waals surface area contributed by atoms with Crippen molar-refractivity contribution in [2.45, 2.75) is 0 Å². The second kappa shape index (κ2) is 4.06. The minimum atomic E-state index is 0.276. The SMILES string of the molecule is Cn1cc(-c2ccnc(N)n2)c2cc(Br)ncc21. The van der Waals surface area contributed by atoms with Gasteiger partial charge in [0.1, 0.15) is 4.60 Å². The third-order valence-electron chi connectivity index (χ3n) is 2.79. The predicted molar refractivity (Wildman–Crippen MR) is 73.9 cm³/mol. The van der Waals surface area contributed by atoms with Gasteiger partial charge in [-0.3, -0.25) is 0 Å². The normalized spacial score (nSPS) is 11.0. The van der Waals surface area contributed by atoms with Gasteiger partial charge in [-0.1, -0.05) is 0 Å². The quantitative estimate of drug-likeness (QED) is 0.701. The minimum Gasteiger partial charge on any atom is -0.368 e. The molecule has 3 rings (SSSR count). The first-order valence-electron chi connectivity index (χ1n) is 5.34. The standard InChI is InChI=1S/C12H10BrN5/c1-18-6-8(9-2-3-15-12(14)17-9)7-4-11(13)16-5-10(7)18/h2-6H,1H3,(H2,14,15,17). The average molecular weight is 304 g/mol. The number of pyridine rings is 1. The van der Waals surface area contributed by atoms with Crippen molar-refractivity contribution >= 4 is 32.8 Å². The van der Waals surface area contributed by atoms with Gasteiger partial charge in [0.15, 0.2) is 0 Å². The average Bonchev–Trinajstić information content (AvgIpc) is 2.66. The van der Waals surface area contributed by atoms with Crippen molar-refractivity contribution in [2.24, 2.45) is 7.05 Å². The minimum absolute atomic E-state index is 0.276. The van der Waals surface area contributed by atoms with E-state index < -0.39 is 0 Å². The van der Waals surface area contributed by atoms with E-state index in [0.29, 0.717) is 0 Å². The van der Waals surface area contributed by atoms with E-state index in [1.807, 2.05) is 36.1 Å². The van der Waals surface area contributed by atoms with Crippen molar-refractivity contribution < 1.29 is 0 Å². The van der Waals surface area contributed by atoms with Crippen molar-refractivity contribution in [2.75, 3.05) is 5.73 Å². The number of hydrogen-bond acceptors (Lipinski definition) is 4. The Kier molecular flexibility index (Phi) is 2.52. The van der Waals surface area contributed by atoms with Crippen LogP contribution < -0.4 is 5.73 Å². The molecular formula is C12H10BrN5. The zero-order chi connectivity index (χ0) is 12.7. The van der Waals surface area contributed by atoms with Crippen LogP contribution in [0.3, 0.4) is 0 Å². The lowest BCUT2D eigenvalue weighted by Gasteiger charge is -1.99. The number of halogens is 1. The van der Waals surface area contributed by atoms with Crippen LogP contribution in [0.5, 0.6) is 0 Å². The molecule has 0 aliphatic carbocycles. The fraction of sp³-hybridized carbons (Fsp3) is 0.0833. The fourth-order valence-corrected chi connectivity index (χ4v) is 2.31. The molecule has 0 atom stereocenters. The van der Waals surface area contributed by atoms with Gasteiger partial charge in [-0.15, -0.1) is 0 Å². The van der Waals surface area contributed by atoms with Crippen LogP contribution in [0.15, 0.2) is 35.3 Å². The molecule has 3 heterocycles. The zero-order valence-electron chi connectivity index (χ0n) is 9.63. The van der Waals surface area contributed by atoms with Crippen molar-refractivity contribution in [3.05, 3.63) is 35.3 Å². The molecule has 18 heavy (non-hydrogen) atoms. The highest BCUT2D eigenvalue weighted by Crippen LogP contribution is 2.30. The molecule has 0 bridgehead atoms. The number of nitrogen functional groups attached to an aromatic ring is 1. The van der Waals surface area contributed by atoms with Crippen LogP contribution >= 0.6 is 15.9 Å². The monoisotopic (exact) mass is 303 g/mol. The molecule has 0 unspecified atom stereocenters. The number of aryl methyl sites for hydroxylation is 1. The molecule has 0 spiro atoms. The summed E-state index contributed by atoms with van der Waals surface area (Å²) in [5.41, 5.74) is 8.50. The van der Waals surface area contributed by atoms with Crippen LogP contribution in [-0.2, 0) is 7.05 Å². The lowest BCUT2D eigenvalue weighted by Crippen LogP contribution is -1.94. The Labute approximate surface area is 112 Å². The summed E-state index contributed by atoms with van der Waals surface area (Å²) in [5, 5.41) is 1.08. The van der Waals surface area contributed by atoms with Crippen LogP contribution in [0.25, 0.3) is 22.2 Å². The van der Waals surface area contributed by atoms with Gasteiger partial charge < -0.3 is 10.3 Å². The summed E-state index contributed by atoms with van der Waals surface area (Å²) in [5.74, 6) is 0.276. The first-order chi connectivity index (χ1) is 8.65. The second-order valence-corrected chi connectivity index (χ2v) is 4.79. The summed E-state index contributed by atoms with van der Waals surface area (Å²) >= 11 is 3.39. The molecule has 0 radical (unpaired) electrons. The van der Waals surface area contributed by atoms with Crippen LogP contribution in [0, 0.1) is 0 Å². The topological polar surface area (TPSA) is 69.6 Å². The molecule has 0 saturated carbocycles. The molecule has 0 saturated heterocycles. The van der Waals surface area contributed by atoms with Gasteiger partial charge in [0.05, 0.1) is 17.4 Å². The second-order valence-electron chi connectivity index (χ2n) is 3.98. The molecule has 2 N–H and O–H groups in total. The Morgan fingerprint density at radius 3 is 2.94 bits per heavy atom. The maximum atomic E-state index is 5.63. The number of fused-ring (bicyclic) bond motifs is 1. The van der Waals surface area contributed by atoms with Gasteiger partial charge in [0.25, 0.3) is 0 Å². The summed E-state index contributed by atoms with van der Waals surface area (Å²) in [6.45, 7) is 0. The number of aromatic nitrogens is 4. The molecular weight excluding hydrogens is 294 g/mol. The van der Waals surface area contributed by atoms with Crippen LogP contribution in [0.4, 0.5) is 5.95 Å². The number of hydrogen-bond donors (Lipinski definition) is 1. The molecule has 0 aliphatic rings. The van der Waals surface area contributed by atoms with E-state index >= 15 is 0 Å². The molecule has 5 nitrogen and oxygen atoms in total. The number of rotatable bonds is 1. The van der Waals surface area contributed by atoms with Gasteiger partial charge in [-0.2, -0.15) is 0 Å². The fourth-order valence-electron chi connectivity index (χ4n) is 1.98. The third kappa shape index (κ3) is 1.74. The third-order valence-corrected chi connectivity index (χ3v) is 3.23. The lowest BCUT2D eigenvalue weighted by atomic mass is 10.1. The zero-order valence-corrected chi connectivity index (χ0v) is 11.2. The Bertz CT molecular complexity index is 734. The largest absolute Gasteiger partial charge is 0.368 e. The summed E-state index contributed by atoms with van der Waals surface area (Å²) in [7, 11) is 1.98. The van der Waals surface area contributed by atoms with E-state index in [9.17, 15) is 0 Å². The molecule has 6 heteroatoms. The molecule has 0 amide bonds. The number of nitrogens with two attached hydrogens (primary N) is 1. The van der Waals surface area contributed by atoms with Crippen molar-refractivity contribution in [3.8, 4) is 11.3 Å². The van der Waals surface area contributed by atoms with Crippen molar-refractivity contribution in [1.82, 2.24) is 19.5 Å². The predicted octanol–water partition coefficient (Wildman–Crippen LogP) is 2.38. The molecule has 3 aromatic heterocycles. The number of anilines is 1. The van der Waals surface area contributed by atoms with E-state index in [2.05, 4.69) is 30.9 Å². The Balaban J connectivity index is 2.32. The van der Waals surface area contributed by atoms with Crippen LogP contribution in [0.1, 0.15) is 0 Å². The van der Waals surface area contributed by atoms with Gasteiger partial charge >= 0.3 is 0 Å². The van der Waals surface area contributed by atoms with Gasteiger partial charge in [0.2, 0.25) is 5.95 Å².